The number of amides is 1. The van der Waals surface area contributed by atoms with Crippen LogP contribution < -0.4 is 10.1 Å². The molecule has 0 bridgehead atoms. The average Bonchev–Trinajstić information content (AvgIpc) is 2.73. The molecule has 3 aromatic carbocycles. The summed E-state index contributed by atoms with van der Waals surface area (Å²) < 4.78 is 5.15. The van der Waals surface area contributed by atoms with Crippen LogP contribution in [0.2, 0.25) is 0 Å². The van der Waals surface area contributed by atoms with Crippen LogP contribution in [-0.2, 0) is 5.41 Å². The second-order valence-electron chi connectivity index (χ2n) is 6.48. The Hall–Kier alpha value is -3.07. The van der Waals surface area contributed by atoms with Gasteiger partial charge in [0.1, 0.15) is 5.75 Å². The van der Waals surface area contributed by atoms with Crippen LogP contribution in [0.4, 0.5) is 0 Å². The van der Waals surface area contributed by atoms with Crippen LogP contribution in [0.5, 0.6) is 5.75 Å². The fourth-order valence-corrected chi connectivity index (χ4v) is 3.08. The second kappa shape index (κ2) is 7.87. The van der Waals surface area contributed by atoms with Crippen molar-refractivity contribution in [1.82, 2.24) is 5.32 Å². The summed E-state index contributed by atoms with van der Waals surface area (Å²) in [5.41, 5.74) is 2.64. The van der Waals surface area contributed by atoms with Crippen molar-refractivity contribution >= 4 is 5.91 Å². The minimum absolute atomic E-state index is 0.0919. The quantitative estimate of drug-likeness (QED) is 0.718. The normalized spacial score (nSPS) is 11.0. The molecule has 3 rings (SSSR count). The Balaban J connectivity index is 1.83. The third-order valence-corrected chi connectivity index (χ3v) is 4.78. The molecular formula is C23H23NO2. The van der Waals surface area contributed by atoms with Gasteiger partial charge in [-0.05, 0) is 42.3 Å². The van der Waals surface area contributed by atoms with Gasteiger partial charge in [-0.2, -0.15) is 0 Å². The van der Waals surface area contributed by atoms with Gasteiger partial charge in [-0.25, -0.2) is 0 Å². The van der Waals surface area contributed by atoms with E-state index in [0.717, 1.165) is 5.75 Å². The van der Waals surface area contributed by atoms with Crippen LogP contribution in [-0.4, -0.2) is 19.6 Å². The molecule has 3 nitrogen and oxygen atoms in total. The maximum absolute atomic E-state index is 12.6. The summed E-state index contributed by atoms with van der Waals surface area (Å²) in [5.74, 6) is 0.644. The van der Waals surface area contributed by atoms with Gasteiger partial charge >= 0.3 is 0 Å². The monoisotopic (exact) mass is 345 g/mol. The molecule has 132 valence electrons. The highest BCUT2D eigenvalue weighted by Crippen LogP contribution is 2.31. The van der Waals surface area contributed by atoms with Crippen molar-refractivity contribution in [3.05, 3.63) is 102 Å². The summed E-state index contributed by atoms with van der Waals surface area (Å²) >= 11 is 0. The molecule has 26 heavy (non-hydrogen) atoms. The lowest BCUT2D eigenvalue weighted by Crippen LogP contribution is -2.39. The second-order valence-corrected chi connectivity index (χ2v) is 6.48. The molecule has 1 amide bonds. The van der Waals surface area contributed by atoms with Gasteiger partial charge in [-0.15, -0.1) is 0 Å². The average molecular weight is 345 g/mol. The van der Waals surface area contributed by atoms with Crippen LogP contribution >= 0.6 is 0 Å². The molecule has 0 fully saturated rings. The van der Waals surface area contributed by atoms with Gasteiger partial charge in [0.05, 0.1) is 7.11 Å². The minimum atomic E-state index is -0.315. The first-order chi connectivity index (χ1) is 12.6. The van der Waals surface area contributed by atoms with Crippen molar-refractivity contribution < 1.29 is 9.53 Å². The lowest BCUT2D eigenvalue weighted by Gasteiger charge is -2.31. The molecule has 1 N–H and O–H groups in total. The molecule has 0 radical (unpaired) electrons. The van der Waals surface area contributed by atoms with E-state index in [1.165, 1.54) is 11.1 Å². The molecule has 0 saturated carbocycles. The summed E-state index contributed by atoms with van der Waals surface area (Å²) in [5, 5.41) is 3.09. The number of carbonyl (C=O) groups is 1. The minimum Gasteiger partial charge on any atom is -0.497 e. The Kier molecular flexibility index (Phi) is 5.37. The summed E-state index contributed by atoms with van der Waals surface area (Å²) in [7, 11) is 1.61. The first-order valence-electron chi connectivity index (χ1n) is 8.67. The van der Waals surface area contributed by atoms with E-state index in [9.17, 15) is 4.79 Å². The van der Waals surface area contributed by atoms with Gasteiger partial charge < -0.3 is 10.1 Å². The first kappa shape index (κ1) is 17.7. The number of benzene rings is 3. The number of nitrogens with one attached hydrogen (secondary N) is 1. The Morgan fingerprint density at radius 1 is 0.846 bits per heavy atom. The molecule has 0 atom stereocenters. The number of rotatable bonds is 6. The van der Waals surface area contributed by atoms with Gasteiger partial charge in [0.25, 0.3) is 5.91 Å². The van der Waals surface area contributed by atoms with E-state index >= 15 is 0 Å². The molecule has 0 saturated heterocycles. The van der Waals surface area contributed by atoms with Crippen molar-refractivity contribution in [2.24, 2.45) is 0 Å². The predicted octanol–water partition coefficient (Wildman–Crippen LogP) is 4.43. The maximum Gasteiger partial charge on any atom is 0.251 e. The van der Waals surface area contributed by atoms with Crippen molar-refractivity contribution in [1.29, 1.82) is 0 Å². The Bertz CT molecular complexity index is 803. The molecule has 0 spiro atoms. The molecule has 0 aliphatic rings. The lowest BCUT2D eigenvalue weighted by atomic mass is 9.76. The van der Waals surface area contributed by atoms with Gasteiger partial charge in [0, 0.05) is 17.5 Å². The largest absolute Gasteiger partial charge is 0.497 e. The van der Waals surface area contributed by atoms with Crippen LogP contribution in [0, 0.1) is 0 Å². The SMILES string of the molecule is COc1ccc(C(=O)NCC(C)(c2ccccc2)c2ccccc2)cc1. The summed E-state index contributed by atoms with van der Waals surface area (Å²) in [6, 6.07) is 27.7. The van der Waals surface area contributed by atoms with E-state index in [-0.39, 0.29) is 11.3 Å². The zero-order valence-corrected chi connectivity index (χ0v) is 15.1. The van der Waals surface area contributed by atoms with Gasteiger partial charge in [0.15, 0.2) is 0 Å². The zero-order valence-electron chi connectivity index (χ0n) is 15.1. The number of hydrogen-bond acceptors (Lipinski definition) is 2. The molecule has 0 unspecified atom stereocenters. The molecular weight excluding hydrogens is 322 g/mol. The number of methoxy groups -OCH3 is 1. The summed E-state index contributed by atoms with van der Waals surface area (Å²) in [4.78, 5) is 12.6. The molecule has 0 heterocycles. The predicted molar refractivity (Wildman–Crippen MR) is 105 cm³/mol. The smallest absolute Gasteiger partial charge is 0.251 e. The maximum atomic E-state index is 12.6. The molecule has 0 aliphatic carbocycles. The highest BCUT2D eigenvalue weighted by Gasteiger charge is 2.29. The fourth-order valence-electron chi connectivity index (χ4n) is 3.08. The van der Waals surface area contributed by atoms with Crippen LogP contribution in [0.25, 0.3) is 0 Å². The molecule has 3 aromatic rings. The van der Waals surface area contributed by atoms with E-state index in [1.807, 2.05) is 36.4 Å². The van der Waals surface area contributed by atoms with E-state index in [4.69, 9.17) is 4.74 Å². The number of hydrogen-bond donors (Lipinski definition) is 1. The Labute approximate surface area is 154 Å². The van der Waals surface area contributed by atoms with E-state index in [0.29, 0.717) is 12.1 Å². The van der Waals surface area contributed by atoms with E-state index < -0.39 is 0 Å². The van der Waals surface area contributed by atoms with Gasteiger partial charge in [0.2, 0.25) is 0 Å². The number of carbonyl (C=O) groups excluding carboxylic acids is 1. The third kappa shape index (κ3) is 3.77. The van der Waals surface area contributed by atoms with Gasteiger partial charge in [-0.3, -0.25) is 4.79 Å². The molecule has 3 heteroatoms. The molecule has 0 aliphatic heterocycles. The van der Waals surface area contributed by atoms with Gasteiger partial charge in [-0.1, -0.05) is 60.7 Å². The Morgan fingerprint density at radius 3 is 1.81 bits per heavy atom. The number of ether oxygens (including phenoxy) is 1. The van der Waals surface area contributed by atoms with Crippen molar-refractivity contribution in [2.45, 2.75) is 12.3 Å². The van der Waals surface area contributed by atoms with Crippen molar-refractivity contribution in [3.8, 4) is 5.75 Å². The van der Waals surface area contributed by atoms with Crippen LogP contribution in [0.1, 0.15) is 28.4 Å². The summed E-state index contributed by atoms with van der Waals surface area (Å²) in [6.07, 6.45) is 0. The highest BCUT2D eigenvalue weighted by molar-refractivity contribution is 5.94. The first-order valence-corrected chi connectivity index (χ1v) is 8.67. The third-order valence-electron chi connectivity index (χ3n) is 4.78. The lowest BCUT2D eigenvalue weighted by molar-refractivity contribution is 0.0947. The van der Waals surface area contributed by atoms with E-state index in [2.05, 4.69) is 36.5 Å². The fraction of sp³-hybridized carbons (Fsp3) is 0.174. The van der Waals surface area contributed by atoms with Crippen LogP contribution in [0.3, 0.4) is 0 Å². The zero-order chi connectivity index (χ0) is 18.4. The van der Waals surface area contributed by atoms with E-state index in [1.54, 1.807) is 31.4 Å². The molecule has 0 aromatic heterocycles. The summed E-state index contributed by atoms with van der Waals surface area (Å²) in [6.45, 7) is 2.66. The topological polar surface area (TPSA) is 38.3 Å². The van der Waals surface area contributed by atoms with Crippen LogP contribution in [0.15, 0.2) is 84.9 Å². The highest BCUT2D eigenvalue weighted by atomic mass is 16.5. The van der Waals surface area contributed by atoms with Crippen molar-refractivity contribution in [3.63, 3.8) is 0 Å². The standard InChI is InChI=1S/C23H23NO2/c1-23(19-9-5-3-6-10-19,20-11-7-4-8-12-20)17-24-22(25)18-13-15-21(26-2)16-14-18/h3-16H,17H2,1-2H3,(H,24,25). The van der Waals surface area contributed by atoms with Crippen molar-refractivity contribution in [2.75, 3.05) is 13.7 Å². The Morgan fingerprint density at radius 2 is 1.35 bits per heavy atom.